The number of phenols is 2. The van der Waals surface area contributed by atoms with Crippen LogP contribution in [0, 0.1) is 0 Å². The van der Waals surface area contributed by atoms with Gasteiger partial charge in [0.25, 0.3) is 0 Å². The molecule has 9 heteroatoms. The Balaban J connectivity index is 1.75. The molecule has 2 aromatic carbocycles. The van der Waals surface area contributed by atoms with Crippen LogP contribution in [0.2, 0.25) is 0 Å². The predicted molar refractivity (Wildman–Crippen MR) is 124 cm³/mol. The Labute approximate surface area is 185 Å². The highest BCUT2D eigenvalue weighted by Crippen LogP contribution is 2.29. The van der Waals surface area contributed by atoms with Crippen molar-refractivity contribution in [2.75, 3.05) is 44.9 Å². The monoisotopic (exact) mass is 454 g/mol. The Hall–Kier alpha value is -1.78. The lowest BCUT2D eigenvalue weighted by Gasteiger charge is -2.14. The molecule has 0 heterocycles. The molecule has 2 rings (SSSR count). The summed E-state index contributed by atoms with van der Waals surface area (Å²) in [5.74, 6) is 2.79. The Morgan fingerprint density at radius 1 is 1.03 bits per heavy atom. The zero-order valence-electron chi connectivity index (χ0n) is 17.0. The third-order valence-electron chi connectivity index (χ3n) is 4.25. The number of phenolic OH excluding ortho intramolecular Hbond substituents is 2. The smallest absolute Gasteiger partial charge is 0.161 e. The van der Waals surface area contributed by atoms with Crippen molar-refractivity contribution in [2.45, 2.75) is 12.5 Å². The minimum atomic E-state index is -0.775. The van der Waals surface area contributed by atoms with Crippen molar-refractivity contribution in [3.63, 3.8) is 0 Å². The van der Waals surface area contributed by atoms with Gasteiger partial charge in [0.15, 0.2) is 23.0 Å². The first-order chi connectivity index (χ1) is 14.5. The van der Waals surface area contributed by atoms with Gasteiger partial charge in [-0.2, -0.15) is 0 Å². The quantitative estimate of drug-likeness (QED) is 0.167. The van der Waals surface area contributed by atoms with Crippen molar-refractivity contribution < 1.29 is 24.8 Å². The van der Waals surface area contributed by atoms with Crippen LogP contribution >= 0.6 is 21.6 Å². The van der Waals surface area contributed by atoms with E-state index in [9.17, 15) is 15.3 Å². The van der Waals surface area contributed by atoms with Crippen molar-refractivity contribution >= 4 is 21.6 Å². The topological polar surface area (TPSA) is 117 Å². The van der Waals surface area contributed by atoms with E-state index in [1.807, 2.05) is 18.2 Å². The zero-order valence-corrected chi connectivity index (χ0v) is 18.7. The van der Waals surface area contributed by atoms with Crippen LogP contribution < -0.4 is 20.5 Å². The van der Waals surface area contributed by atoms with Gasteiger partial charge in [0.1, 0.15) is 0 Å². The lowest BCUT2D eigenvalue weighted by Crippen LogP contribution is -2.23. The van der Waals surface area contributed by atoms with Gasteiger partial charge in [-0.3, -0.25) is 0 Å². The maximum Gasteiger partial charge on any atom is 0.161 e. The van der Waals surface area contributed by atoms with Gasteiger partial charge in [0, 0.05) is 24.6 Å². The Kier molecular flexibility index (Phi) is 11.0. The van der Waals surface area contributed by atoms with Crippen molar-refractivity contribution in [3.05, 3.63) is 47.5 Å². The molecule has 30 heavy (non-hydrogen) atoms. The van der Waals surface area contributed by atoms with E-state index >= 15 is 0 Å². The Morgan fingerprint density at radius 2 is 1.83 bits per heavy atom. The molecule has 7 nitrogen and oxygen atoms in total. The maximum atomic E-state index is 10.2. The standard InChI is InChI=1S/C21H30N2O5S2/c1-27-21-12-15(2-5-20(21)28-9-11-30-29-10-7-22)6-8-23-14-19(26)16-3-4-17(24)18(25)13-16/h2-5,12-13,19,23-26H,6-11,14,22H2,1H3. The highest BCUT2D eigenvalue weighted by atomic mass is 33.1. The molecule has 6 N–H and O–H groups in total. The molecular weight excluding hydrogens is 424 g/mol. The predicted octanol–water partition coefficient (Wildman–Crippen LogP) is 2.69. The molecule has 0 spiro atoms. The molecule has 0 aliphatic rings. The number of hydrogen-bond acceptors (Lipinski definition) is 9. The molecule has 0 saturated heterocycles. The minimum absolute atomic E-state index is 0.204. The van der Waals surface area contributed by atoms with E-state index < -0.39 is 6.10 Å². The summed E-state index contributed by atoms with van der Waals surface area (Å²) in [6.07, 6.45) is -0.0156. The third-order valence-corrected chi connectivity index (χ3v) is 6.65. The summed E-state index contributed by atoms with van der Waals surface area (Å²) in [5, 5.41) is 32.3. The summed E-state index contributed by atoms with van der Waals surface area (Å²) in [6.45, 7) is 2.29. The Morgan fingerprint density at radius 3 is 2.57 bits per heavy atom. The number of ether oxygens (including phenoxy) is 2. The van der Waals surface area contributed by atoms with Gasteiger partial charge in [-0.05, 0) is 48.4 Å². The minimum Gasteiger partial charge on any atom is -0.504 e. The number of rotatable bonds is 14. The summed E-state index contributed by atoms with van der Waals surface area (Å²) in [5.41, 5.74) is 7.10. The fourth-order valence-electron chi connectivity index (χ4n) is 2.68. The van der Waals surface area contributed by atoms with Gasteiger partial charge >= 0.3 is 0 Å². The molecule has 0 aliphatic carbocycles. The van der Waals surface area contributed by atoms with Gasteiger partial charge in [-0.15, -0.1) is 0 Å². The van der Waals surface area contributed by atoms with Crippen LogP contribution in [-0.4, -0.2) is 60.2 Å². The van der Waals surface area contributed by atoms with Crippen LogP contribution in [0.5, 0.6) is 23.0 Å². The van der Waals surface area contributed by atoms with E-state index in [0.717, 1.165) is 29.2 Å². The lowest BCUT2D eigenvalue weighted by molar-refractivity contribution is 0.174. The van der Waals surface area contributed by atoms with Crippen LogP contribution in [0.3, 0.4) is 0 Å². The summed E-state index contributed by atoms with van der Waals surface area (Å²) < 4.78 is 11.3. The first-order valence-electron chi connectivity index (χ1n) is 9.70. The molecule has 0 amide bonds. The largest absolute Gasteiger partial charge is 0.504 e. The zero-order chi connectivity index (χ0) is 21.8. The van der Waals surface area contributed by atoms with Gasteiger partial charge < -0.3 is 35.8 Å². The molecule has 0 fully saturated rings. The number of aliphatic hydroxyl groups is 1. The number of nitrogens with one attached hydrogen (secondary N) is 1. The van der Waals surface area contributed by atoms with Crippen LogP contribution in [0.1, 0.15) is 17.2 Å². The van der Waals surface area contributed by atoms with Gasteiger partial charge in [0.2, 0.25) is 0 Å². The number of aromatic hydroxyl groups is 2. The van der Waals surface area contributed by atoms with E-state index in [4.69, 9.17) is 15.2 Å². The highest BCUT2D eigenvalue weighted by molar-refractivity contribution is 8.76. The van der Waals surface area contributed by atoms with E-state index in [2.05, 4.69) is 5.32 Å². The first-order valence-corrected chi connectivity index (χ1v) is 12.2. The second-order valence-electron chi connectivity index (χ2n) is 6.48. The van der Waals surface area contributed by atoms with Crippen molar-refractivity contribution in [1.82, 2.24) is 5.32 Å². The molecular formula is C21H30N2O5S2. The molecule has 0 bridgehead atoms. The molecule has 1 atom stereocenters. The maximum absolute atomic E-state index is 10.2. The van der Waals surface area contributed by atoms with Crippen LogP contribution in [0.25, 0.3) is 0 Å². The molecule has 0 aliphatic heterocycles. The third kappa shape index (κ3) is 8.16. The van der Waals surface area contributed by atoms with E-state index in [-0.39, 0.29) is 11.5 Å². The fourth-order valence-corrected chi connectivity index (χ4v) is 4.36. The molecule has 0 aromatic heterocycles. The van der Waals surface area contributed by atoms with Crippen molar-refractivity contribution in [1.29, 1.82) is 0 Å². The van der Waals surface area contributed by atoms with E-state index in [1.165, 1.54) is 12.1 Å². The summed E-state index contributed by atoms with van der Waals surface area (Å²) in [4.78, 5) is 0. The normalized spacial score (nSPS) is 12.0. The molecule has 1 unspecified atom stereocenters. The number of aliphatic hydroxyl groups excluding tert-OH is 1. The van der Waals surface area contributed by atoms with E-state index in [0.29, 0.717) is 37.6 Å². The molecule has 0 saturated carbocycles. The second kappa shape index (κ2) is 13.5. The molecule has 0 radical (unpaired) electrons. The summed E-state index contributed by atoms with van der Waals surface area (Å²) >= 11 is 0. The summed E-state index contributed by atoms with van der Waals surface area (Å²) in [7, 11) is 5.12. The number of methoxy groups -OCH3 is 1. The van der Waals surface area contributed by atoms with Crippen molar-refractivity contribution in [3.8, 4) is 23.0 Å². The SMILES string of the molecule is COc1cc(CCNCC(O)c2ccc(O)c(O)c2)ccc1OCCSSCCN. The van der Waals surface area contributed by atoms with E-state index in [1.54, 1.807) is 34.8 Å². The van der Waals surface area contributed by atoms with Crippen LogP contribution in [0.15, 0.2) is 36.4 Å². The number of hydrogen-bond donors (Lipinski definition) is 5. The number of nitrogens with two attached hydrogens (primary N) is 1. The van der Waals surface area contributed by atoms with Crippen LogP contribution in [-0.2, 0) is 6.42 Å². The lowest BCUT2D eigenvalue weighted by atomic mass is 10.1. The summed E-state index contributed by atoms with van der Waals surface area (Å²) in [6, 6.07) is 10.2. The number of benzene rings is 2. The first kappa shape index (κ1) is 24.5. The fraction of sp³-hybridized carbons (Fsp3) is 0.429. The average molecular weight is 455 g/mol. The van der Waals surface area contributed by atoms with Gasteiger partial charge in [0.05, 0.1) is 19.8 Å². The van der Waals surface area contributed by atoms with Crippen LogP contribution in [0.4, 0.5) is 0 Å². The van der Waals surface area contributed by atoms with Gasteiger partial charge in [-0.25, -0.2) is 0 Å². The van der Waals surface area contributed by atoms with Crippen molar-refractivity contribution in [2.24, 2.45) is 5.73 Å². The highest BCUT2D eigenvalue weighted by Gasteiger charge is 2.10. The average Bonchev–Trinajstić information content (AvgIpc) is 2.75. The molecule has 166 valence electrons. The molecule has 2 aromatic rings. The second-order valence-corrected chi connectivity index (χ2v) is 9.19. The van der Waals surface area contributed by atoms with Gasteiger partial charge in [-0.1, -0.05) is 33.7 Å². The Bertz CT molecular complexity index is 779.